The lowest BCUT2D eigenvalue weighted by Crippen LogP contribution is -2.34. The molecule has 1 aliphatic heterocycles. The average molecular weight is 209 g/mol. The Morgan fingerprint density at radius 2 is 1.67 bits per heavy atom. The molecule has 1 heteroatoms. The molecule has 0 bridgehead atoms. The molecule has 0 amide bonds. The molecule has 1 saturated heterocycles. The lowest BCUT2D eigenvalue weighted by atomic mass is 9.73. The highest BCUT2D eigenvalue weighted by Crippen LogP contribution is 2.44. The first-order chi connectivity index (χ1) is 6.99. The monoisotopic (exact) mass is 209 g/mol. The minimum atomic E-state index is 0.472. The van der Waals surface area contributed by atoms with Crippen molar-refractivity contribution in [1.29, 1.82) is 0 Å². The van der Waals surface area contributed by atoms with E-state index in [0.29, 0.717) is 5.41 Å². The lowest BCUT2D eigenvalue weighted by Gasteiger charge is -2.34. The van der Waals surface area contributed by atoms with Crippen LogP contribution in [0.4, 0.5) is 0 Å². The van der Waals surface area contributed by atoms with Crippen molar-refractivity contribution in [3.05, 3.63) is 0 Å². The average Bonchev–Trinajstić information content (AvgIpc) is 2.47. The molecule has 15 heavy (non-hydrogen) atoms. The standard InChI is InChI=1S/C14H27N/c1-13(2,3)11-15-10-9-14(12-15)7-5-4-6-8-14/h4-12H2,1-3H3. The first-order valence-corrected chi connectivity index (χ1v) is 6.72. The van der Waals surface area contributed by atoms with E-state index in [1.165, 1.54) is 58.2 Å². The van der Waals surface area contributed by atoms with Gasteiger partial charge in [0.1, 0.15) is 0 Å². The molecule has 1 spiro atoms. The Labute approximate surface area is 95.2 Å². The summed E-state index contributed by atoms with van der Waals surface area (Å²) in [7, 11) is 0. The highest BCUT2D eigenvalue weighted by molar-refractivity contribution is 4.92. The third kappa shape index (κ3) is 2.96. The van der Waals surface area contributed by atoms with Crippen LogP contribution in [0.3, 0.4) is 0 Å². The molecule has 2 fully saturated rings. The first kappa shape index (κ1) is 11.4. The minimum absolute atomic E-state index is 0.472. The van der Waals surface area contributed by atoms with Gasteiger partial charge in [-0.1, -0.05) is 40.0 Å². The second-order valence-corrected chi connectivity index (χ2v) is 7.08. The molecule has 1 saturated carbocycles. The number of hydrogen-bond donors (Lipinski definition) is 0. The zero-order valence-corrected chi connectivity index (χ0v) is 10.8. The van der Waals surface area contributed by atoms with Gasteiger partial charge < -0.3 is 4.90 Å². The van der Waals surface area contributed by atoms with E-state index in [1.807, 2.05) is 0 Å². The molecular weight excluding hydrogens is 182 g/mol. The van der Waals surface area contributed by atoms with E-state index in [4.69, 9.17) is 0 Å². The fourth-order valence-corrected chi connectivity index (χ4v) is 3.54. The quantitative estimate of drug-likeness (QED) is 0.636. The fraction of sp³-hybridized carbons (Fsp3) is 1.00. The van der Waals surface area contributed by atoms with Crippen molar-refractivity contribution in [2.45, 2.75) is 59.3 Å². The normalized spacial score (nSPS) is 27.4. The van der Waals surface area contributed by atoms with Gasteiger partial charge in [0, 0.05) is 13.1 Å². The highest BCUT2D eigenvalue weighted by atomic mass is 15.2. The number of nitrogens with zero attached hydrogens (tertiary/aromatic N) is 1. The van der Waals surface area contributed by atoms with Crippen molar-refractivity contribution in [3.8, 4) is 0 Å². The molecule has 0 N–H and O–H groups in total. The van der Waals surface area contributed by atoms with Crippen LogP contribution in [0.15, 0.2) is 0 Å². The van der Waals surface area contributed by atoms with Crippen molar-refractivity contribution in [2.75, 3.05) is 19.6 Å². The van der Waals surface area contributed by atoms with E-state index in [-0.39, 0.29) is 0 Å². The molecule has 1 heterocycles. The van der Waals surface area contributed by atoms with Crippen LogP contribution in [-0.2, 0) is 0 Å². The van der Waals surface area contributed by atoms with Gasteiger partial charge in [0.05, 0.1) is 0 Å². The lowest BCUT2D eigenvalue weighted by molar-refractivity contribution is 0.162. The summed E-state index contributed by atoms with van der Waals surface area (Å²) < 4.78 is 0. The Hall–Kier alpha value is -0.0400. The molecule has 0 aromatic carbocycles. The van der Waals surface area contributed by atoms with Crippen LogP contribution < -0.4 is 0 Å². The third-order valence-corrected chi connectivity index (χ3v) is 4.13. The maximum Gasteiger partial charge on any atom is 0.00387 e. The summed E-state index contributed by atoms with van der Waals surface area (Å²) in [6, 6.07) is 0. The summed E-state index contributed by atoms with van der Waals surface area (Å²) >= 11 is 0. The van der Waals surface area contributed by atoms with Crippen LogP contribution in [0.25, 0.3) is 0 Å². The van der Waals surface area contributed by atoms with Gasteiger partial charge in [-0.3, -0.25) is 0 Å². The SMILES string of the molecule is CC(C)(C)CN1CCC2(CCCCC2)C1. The zero-order chi connectivity index (χ0) is 10.9. The Bertz CT molecular complexity index is 208. The molecular formula is C14H27N. The second kappa shape index (κ2) is 4.08. The van der Waals surface area contributed by atoms with Crippen LogP contribution in [0.1, 0.15) is 59.3 Å². The second-order valence-electron chi connectivity index (χ2n) is 7.08. The van der Waals surface area contributed by atoms with Crippen molar-refractivity contribution in [3.63, 3.8) is 0 Å². The van der Waals surface area contributed by atoms with Crippen molar-refractivity contribution >= 4 is 0 Å². The molecule has 0 atom stereocenters. The van der Waals surface area contributed by atoms with Crippen molar-refractivity contribution in [1.82, 2.24) is 4.90 Å². The molecule has 2 rings (SSSR count). The van der Waals surface area contributed by atoms with Gasteiger partial charge in [0.25, 0.3) is 0 Å². The van der Waals surface area contributed by atoms with E-state index >= 15 is 0 Å². The van der Waals surface area contributed by atoms with Crippen LogP contribution in [0.2, 0.25) is 0 Å². The fourth-order valence-electron chi connectivity index (χ4n) is 3.54. The largest absolute Gasteiger partial charge is 0.302 e. The summed E-state index contributed by atoms with van der Waals surface area (Å²) in [5, 5.41) is 0. The van der Waals surface area contributed by atoms with Crippen LogP contribution in [0.5, 0.6) is 0 Å². The molecule has 1 aliphatic carbocycles. The molecule has 0 aromatic rings. The Kier molecular flexibility index (Phi) is 3.12. The Morgan fingerprint density at radius 3 is 2.27 bits per heavy atom. The van der Waals surface area contributed by atoms with Gasteiger partial charge in [0.15, 0.2) is 0 Å². The molecule has 1 nitrogen and oxygen atoms in total. The predicted octanol–water partition coefficient (Wildman–Crippen LogP) is 3.69. The van der Waals surface area contributed by atoms with E-state index in [9.17, 15) is 0 Å². The Balaban J connectivity index is 1.88. The van der Waals surface area contributed by atoms with E-state index in [1.54, 1.807) is 0 Å². The molecule has 2 aliphatic rings. The first-order valence-electron chi connectivity index (χ1n) is 6.72. The molecule has 88 valence electrons. The third-order valence-electron chi connectivity index (χ3n) is 4.13. The van der Waals surface area contributed by atoms with Crippen molar-refractivity contribution < 1.29 is 0 Å². The molecule has 0 radical (unpaired) electrons. The Morgan fingerprint density at radius 1 is 1.00 bits per heavy atom. The summed E-state index contributed by atoms with van der Waals surface area (Å²) in [6.45, 7) is 11.1. The van der Waals surface area contributed by atoms with Gasteiger partial charge in [0.2, 0.25) is 0 Å². The smallest absolute Gasteiger partial charge is 0.00387 e. The summed E-state index contributed by atoms with van der Waals surface area (Å²) in [5.41, 5.74) is 1.21. The van der Waals surface area contributed by atoms with E-state index in [0.717, 1.165) is 5.41 Å². The van der Waals surface area contributed by atoms with Gasteiger partial charge in [-0.05, 0) is 36.6 Å². The predicted molar refractivity (Wildman–Crippen MR) is 66.0 cm³/mol. The van der Waals surface area contributed by atoms with Gasteiger partial charge in [-0.15, -0.1) is 0 Å². The number of likely N-dealkylation sites (tertiary alicyclic amines) is 1. The summed E-state index contributed by atoms with van der Waals surface area (Å²) in [4.78, 5) is 2.71. The maximum absolute atomic E-state index is 2.71. The van der Waals surface area contributed by atoms with Gasteiger partial charge in [-0.2, -0.15) is 0 Å². The minimum Gasteiger partial charge on any atom is -0.302 e. The van der Waals surface area contributed by atoms with Crippen molar-refractivity contribution in [2.24, 2.45) is 10.8 Å². The summed E-state index contributed by atoms with van der Waals surface area (Å²) in [5.74, 6) is 0. The molecule has 0 aromatic heterocycles. The number of rotatable bonds is 1. The van der Waals surface area contributed by atoms with Gasteiger partial charge in [-0.25, -0.2) is 0 Å². The highest BCUT2D eigenvalue weighted by Gasteiger charge is 2.39. The zero-order valence-electron chi connectivity index (χ0n) is 10.8. The maximum atomic E-state index is 2.71. The van der Waals surface area contributed by atoms with E-state index < -0.39 is 0 Å². The van der Waals surface area contributed by atoms with Crippen LogP contribution >= 0.6 is 0 Å². The molecule has 0 unspecified atom stereocenters. The van der Waals surface area contributed by atoms with Gasteiger partial charge >= 0.3 is 0 Å². The van der Waals surface area contributed by atoms with E-state index in [2.05, 4.69) is 25.7 Å². The van der Waals surface area contributed by atoms with Crippen LogP contribution in [0, 0.1) is 10.8 Å². The number of hydrogen-bond acceptors (Lipinski definition) is 1. The topological polar surface area (TPSA) is 3.24 Å². The summed E-state index contributed by atoms with van der Waals surface area (Å²) in [6.07, 6.45) is 8.96. The van der Waals surface area contributed by atoms with Crippen LogP contribution in [-0.4, -0.2) is 24.5 Å².